The van der Waals surface area contributed by atoms with Crippen LogP contribution in [0.25, 0.3) is 5.76 Å². The zero-order valence-corrected chi connectivity index (χ0v) is 25.7. The highest BCUT2D eigenvalue weighted by Gasteiger charge is 2.46. The van der Waals surface area contributed by atoms with Gasteiger partial charge >= 0.3 is 0 Å². The molecule has 0 bridgehead atoms. The van der Waals surface area contributed by atoms with Gasteiger partial charge < -0.3 is 33.9 Å². The van der Waals surface area contributed by atoms with Crippen LogP contribution in [-0.2, 0) is 16.2 Å². The molecule has 0 spiro atoms. The number of hydrogen-bond acceptors (Lipinski definition) is 8. The van der Waals surface area contributed by atoms with Crippen LogP contribution in [0.3, 0.4) is 0 Å². The molecule has 1 heterocycles. The van der Waals surface area contributed by atoms with Gasteiger partial charge in [0.1, 0.15) is 18.1 Å². The van der Waals surface area contributed by atoms with Crippen LogP contribution in [0.15, 0.2) is 66.2 Å². The van der Waals surface area contributed by atoms with E-state index in [9.17, 15) is 14.7 Å². The summed E-state index contributed by atoms with van der Waals surface area (Å²) in [5.74, 6) is 0.0844. The fourth-order valence-electron chi connectivity index (χ4n) is 5.38. The van der Waals surface area contributed by atoms with E-state index in [4.69, 9.17) is 18.9 Å². The highest BCUT2D eigenvalue weighted by atomic mass is 16.5. The highest BCUT2D eigenvalue weighted by Crippen LogP contribution is 2.46. The SMILES string of the molecule is CCN(CC)CCN1C(=O)C(=O)/C(=C(/O)c2ccc(OCc3ccccc3)cc2C)[C@@H]1c1cc(OC)c(OC)c(OC)c1. The number of hydrogen-bond donors (Lipinski definition) is 1. The first-order valence-electron chi connectivity index (χ1n) is 14.4. The molecular formula is C34H40N2O7. The zero-order valence-electron chi connectivity index (χ0n) is 25.7. The van der Waals surface area contributed by atoms with E-state index >= 15 is 0 Å². The van der Waals surface area contributed by atoms with Crippen molar-refractivity contribution >= 4 is 17.4 Å². The Morgan fingerprint density at radius 3 is 2.12 bits per heavy atom. The molecule has 0 aromatic heterocycles. The molecule has 1 amide bonds. The number of Topliss-reactive ketones (excluding diaryl/α,β-unsaturated/α-hetero) is 1. The molecule has 1 saturated heterocycles. The Labute approximate surface area is 253 Å². The summed E-state index contributed by atoms with van der Waals surface area (Å²) in [5.41, 5.74) is 2.71. The number of amides is 1. The van der Waals surface area contributed by atoms with E-state index < -0.39 is 17.7 Å². The summed E-state index contributed by atoms with van der Waals surface area (Å²) >= 11 is 0. The molecule has 9 heteroatoms. The van der Waals surface area contributed by atoms with E-state index in [1.807, 2.05) is 57.2 Å². The van der Waals surface area contributed by atoms with Crippen molar-refractivity contribution in [3.8, 4) is 23.0 Å². The maximum absolute atomic E-state index is 13.6. The number of likely N-dealkylation sites (N-methyl/N-ethyl adjacent to an activating group) is 1. The first-order chi connectivity index (χ1) is 20.8. The van der Waals surface area contributed by atoms with Crippen molar-refractivity contribution in [3.63, 3.8) is 0 Å². The fourth-order valence-corrected chi connectivity index (χ4v) is 5.38. The lowest BCUT2D eigenvalue weighted by molar-refractivity contribution is -0.140. The van der Waals surface area contributed by atoms with Crippen LogP contribution < -0.4 is 18.9 Å². The molecule has 1 fully saturated rings. The molecule has 1 aliphatic heterocycles. The van der Waals surface area contributed by atoms with E-state index in [-0.39, 0.29) is 17.9 Å². The Morgan fingerprint density at radius 2 is 1.56 bits per heavy atom. The fraction of sp³-hybridized carbons (Fsp3) is 0.353. The number of benzene rings is 3. The number of rotatable bonds is 13. The molecule has 3 aromatic carbocycles. The number of ketones is 1. The Bertz CT molecular complexity index is 1460. The molecule has 3 aromatic rings. The Kier molecular flexibility index (Phi) is 10.3. The summed E-state index contributed by atoms with van der Waals surface area (Å²) in [6, 6.07) is 17.6. The number of likely N-dealkylation sites (tertiary alicyclic amines) is 1. The highest BCUT2D eigenvalue weighted by molar-refractivity contribution is 6.46. The monoisotopic (exact) mass is 588 g/mol. The molecule has 43 heavy (non-hydrogen) atoms. The summed E-state index contributed by atoms with van der Waals surface area (Å²) in [6.07, 6.45) is 0. The first kappa shape index (κ1) is 31.4. The van der Waals surface area contributed by atoms with Crippen molar-refractivity contribution < 1.29 is 33.6 Å². The number of methoxy groups -OCH3 is 3. The quantitative estimate of drug-likeness (QED) is 0.162. The molecule has 1 aliphatic rings. The molecule has 1 atom stereocenters. The summed E-state index contributed by atoms with van der Waals surface area (Å²) in [4.78, 5) is 30.8. The summed E-state index contributed by atoms with van der Waals surface area (Å²) in [6.45, 7) is 8.76. The normalized spacial score (nSPS) is 16.1. The van der Waals surface area contributed by atoms with Crippen molar-refractivity contribution in [2.75, 3.05) is 47.5 Å². The maximum Gasteiger partial charge on any atom is 0.295 e. The summed E-state index contributed by atoms with van der Waals surface area (Å²) in [7, 11) is 4.51. The van der Waals surface area contributed by atoms with Gasteiger partial charge in [0.05, 0.1) is 32.9 Å². The lowest BCUT2D eigenvalue weighted by Gasteiger charge is -2.29. The molecular weight excluding hydrogens is 548 g/mol. The third kappa shape index (κ3) is 6.62. The second-order valence-electron chi connectivity index (χ2n) is 10.2. The van der Waals surface area contributed by atoms with Gasteiger partial charge in [-0.05, 0) is 67.0 Å². The zero-order chi connectivity index (χ0) is 31.1. The third-order valence-electron chi connectivity index (χ3n) is 7.80. The second-order valence-corrected chi connectivity index (χ2v) is 10.2. The van der Waals surface area contributed by atoms with E-state index in [0.717, 1.165) is 18.7 Å². The van der Waals surface area contributed by atoms with Crippen LogP contribution >= 0.6 is 0 Å². The lowest BCUT2D eigenvalue weighted by atomic mass is 9.93. The lowest BCUT2D eigenvalue weighted by Crippen LogP contribution is -2.38. The van der Waals surface area contributed by atoms with Gasteiger partial charge in [-0.25, -0.2) is 0 Å². The van der Waals surface area contributed by atoms with Gasteiger partial charge in [0.2, 0.25) is 5.75 Å². The predicted molar refractivity (Wildman–Crippen MR) is 165 cm³/mol. The van der Waals surface area contributed by atoms with Gasteiger partial charge in [-0.15, -0.1) is 0 Å². The number of nitrogens with zero attached hydrogens (tertiary/aromatic N) is 2. The number of aliphatic hydroxyl groups is 1. The molecule has 1 N–H and O–H groups in total. The van der Waals surface area contributed by atoms with Crippen LogP contribution in [0.2, 0.25) is 0 Å². The number of carbonyl (C=O) groups excluding carboxylic acids is 2. The largest absolute Gasteiger partial charge is 0.507 e. The Morgan fingerprint density at radius 1 is 0.907 bits per heavy atom. The van der Waals surface area contributed by atoms with Gasteiger partial charge in [0.25, 0.3) is 11.7 Å². The van der Waals surface area contributed by atoms with Gasteiger partial charge in [-0.2, -0.15) is 0 Å². The number of ether oxygens (including phenoxy) is 4. The van der Waals surface area contributed by atoms with Gasteiger partial charge in [0.15, 0.2) is 11.5 Å². The van der Waals surface area contributed by atoms with Gasteiger partial charge in [-0.3, -0.25) is 9.59 Å². The van der Waals surface area contributed by atoms with E-state index in [0.29, 0.717) is 52.8 Å². The number of aryl methyl sites for hydroxylation is 1. The number of carbonyl (C=O) groups is 2. The van der Waals surface area contributed by atoms with Crippen molar-refractivity contribution in [2.45, 2.75) is 33.4 Å². The van der Waals surface area contributed by atoms with Crippen LogP contribution in [0.1, 0.15) is 42.1 Å². The first-order valence-corrected chi connectivity index (χ1v) is 14.4. The van der Waals surface area contributed by atoms with Crippen molar-refractivity contribution in [2.24, 2.45) is 0 Å². The van der Waals surface area contributed by atoms with Crippen LogP contribution in [0.5, 0.6) is 23.0 Å². The topological polar surface area (TPSA) is 97.8 Å². The Hall–Kier alpha value is -4.50. The van der Waals surface area contributed by atoms with E-state index in [2.05, 4.69) is 4.90 Å². The molecule has 4 rings (SSSR count). The van der Waals surface area contributed by atoms with Crippen LogP contribution in [0, 0.1) is 6.92 Å². The van der Waals surface area contributed by atoms with Gasteiger partial charge in [0, 0.05) is 18.7 Å². The molecule has 0 radical (unpaired) electrons. The van der Waals surface area contributed by atoms with Crippen molar-refractivity contribution in [3.05, 3.63) is 88.5 Å². The molecule has 0 unspecified atom stereocenters. The van der Waals surface area contributed by atoms with E-state index in [1.54, 1.807) is 24.3 Å². The summed E-state index contributed by atoms with van der Waals surface area (Å²) < 4.78 is 22.6. The maximum atomic E-state index is 13.6. The van der Waals surface area contributed by atoms with Crippen LogP contribution in [-0.4, -0.2) is 74.1 Å². The average Bonchev–Trinajstić information content (AvgIpc) is 3.28. The summed E-state index contributed by atoms with van der Waals surface area (Å²) in [5, 5.41) is 11.7. The second kappa shape index (κ2) is 14.1. The third-order valence-corrected chi connectivity index (χ3v) is 7.80. The minimum atomic E-state index is -0.877. The standard InChI is InChI=1S/C34H40N2O7/c1-7-35(8-2)16-17-36-30(24-19-27(40-4)33(42-6)28(20-24)41-5)29(32(38)34(36)39)31(37)26-15-14-25(18-22(26)3)43-21-23-12-10-9-11-13-23/h9-15,18-20,30,37H,7-8,16-17,21H2,1-6H3/b31-29+/t30-/m0/s1. The van der Waals surface area contributed by atoms with E-state index in [1.165, 1.54) is 26.2 Å². The molecule has 9 nitrogen and oxygen atoms in total. The van der Waals surface area contributed by atoms with Crippen LogP contribution in [0.4, 0.5) is 0 Å². The smallest absolute Gasteiger partial charge is 0.295 e. The minimum Gasteiger partial charge on any atom is -0.507 e. The van der Waals surface area contributed by atoms with Gasteiger partial charge in [-0.1, -0.05) is 44.2 Å². The molecule has 228 valence electrons. The Balaban J connectivity index is 1.79. The predicted octanol–water partition coefficient (Wildman–Crippen LogP) is 5.36. The van der Waals surface area contributed by atoms with Crippen molar-refractivity contribution in [1.82, 2.24) is 9.80 Å². The molecule has 0 saturated carbocycles. The van der Waals surface area contributed by atoms with Crippen molar-refractivity contribution in [1.29, 1.82) is 0 Å². The molecule has 0 aliphatic carbocycles. The minimum absolute atomic E-state index is 0.000117. The number of aliphatic hydroxyl groups excluding tert-OH is 1. The average molecular weight is 589 g/mol.